The van der Waals surface area contributed by atoms with Crippen LogP contribution in [0.25, 0.3) is 0 Å². The van der Waals surface area contributed by atoms with E-state index in [0.29, 0.717) is 22.8 Å². The molecule has 1 fully saturated rings. The van der Waals surface area contributed by atoms with Crippen molar-refractivity contribution in [2.24, 2.45) is 0 Å². The largest absolute Gasteiger partial charge is 0.495 e. The summed E-state index contributed by atoms with van der Waals surface area (Å²) in [4.78, 5) is 14.6. The third-order valence-corrected chi connectivity index (χ3v) is 6.95. The third-order valence-electron chi connectivity index (χ3n) is 5.35. The van der Waals surface area contributed by atoms with E-state index in [0.717, 1.165) is 32.4 Å². The van der Waals surface area contributed by atoms with Crippen LogP contribution >= 0.6 is 11.6 Å². The average Bonchev–Trinajstić information content (AvgIpc) is 3.26. The Kier molecular flexibility index (Phi) is 6.80. The van der Waals surface area contributed by atoms with Gasteiger partial charge in [0.25, 0.3) is 15.9 Å². The van der Waals surface area contributed by atoms with Gasteiger partial charge in [0.2, 0.25) is 0 Å². The summed E-state index contributed by atoms with van der Waals surface area (Å²) in [5.74, 6) is -0.106. The van der Waals surface area contributed by atoms with Gasteiger partial charge in [-0.3, -0.25) is 9.52 Å². The van der Waals surface area contributed by atoms with E-state index in [1.54, 1.807) is 36.4 Å². The first-order chi connectivity index (χ1) is 15.9. The first kappa shape index (κ1) is 23.0. The number of ether oxygens (including phenoxy) is 1. The Morgan fingerprint density at radius 1 is 1.06 bits per heavy atom. The van der Waals surface area contributed by atoms with E-state index < -0.39 is 15.9 Å². The van der Waals surface area contributed by atoms with Gasteiger partial charge in [0.1, 0.15) is 10.6 Å². The molecule has 1 aliphatic heterocycles. The van der Waals surface area contributed by atoms with E-state index in [4.69, 9.17) is 20.8 Å². The molecule has 0 radical (unpaired) electrons. The van der Waals surface area contributed by atoms with Gasteiger partial charge in [-0.1, -0.05) is 12.1 Å². The SMILES string of the molecule is COc1ccccc1NS(=O)(=O)c1cc(NC(=O)c2ccc(Cl)o2)ccc1N1CCCCC1. The highest BCUT2D eigenvalue weighted by atomic mass is 35.5. The van der Waals surface area contributed by atoms with Crippen molar-refractivity contribution in [1.29, 1.82) is 0 Å². The number of nitrogens with zero attached hydrogens (tertiary/aromatic N) is 1. The van der Waals surface area contributed by atoms with Crippen LogP contribution in [0.15, 0.2) is 63.9 Å². The van der Waals surface area contributed by atoms with Crippen molar-refractivity contribution < 1.29 is 22.4 Å². The van der Waals surface area contributed by atoms with Gasteiger partial charge in [-0.25, -0.2) is 8.42 Å². The zero-order valence-electron chi connectivity index (χ0n) is 18.0. The molecule has 0 aliphatic carbocycles. The lowest BCUT2D eigenvalue weighted by atomic mass is 10.1. The van der Waals surface area contributed by atoms with E-state index in [9.17, 15) is 13.2 Å². The summed E-state index contributed by atoms with van der Waals surface area (Å²) in [7, 11) is -2.54. The minimum atomic E-state index is -4.01. The molecule has 2 N–H and O–H groups in total. The molecule has 0 saturated carbocycles. The normalized spacial score (nSPS) is 14.1. The second-order valence-electron chi connectivity index (χ2n) is 7.59. The molecule has 0 spiro atoms. The van der Waals surface area contributed by atoms with Gasteiger partial charge >= 0.3 is 0 Å². The topological polar surface area (TPSA) is 101 Å². The maximum absolute atomic E-state index is 13.5. The van der Waals surface area contributed by atoms with Crippen LogP contribution in [-0.4, -0.2) is 34.5 Å². The lowest BCUT2D eigenvalue weighted by Crippen LogP contribution is -2.31. The van der Waals surface area contributed by atoms with Gasteiger partial charge < -0.3 is 19.4 Å². The molecule has 1 saturated heterocycles. The number of nitrogens with one attached hydrogen (secondary N) is 2. The lowest BCUT2D eigenvalue weighted by molar-refractivity contribution is 0.0996. The Morgan fingerprint density at radius 2 is 1.82 bits per heavy atom. The molecular weight excluding hydrogens is 466 g/mol. The second kappa shape index (κ2) is 9.76. The minimum Gasteiger partial charge on any atom is -0.495 e. The van der Waals surface area contributed by atoms with Crippen molar-refractivity contribution in [3.63, 3.8) is 0 Å². The summed E-state index contributed by atoms with van der Waals surface area (Å²) in [6.45, 7) is 1.52. The summed E-state index contributed by atoms with van der Waals surface area (Å²) >= 11 is 5.75. The number of hydrogen-bond acceptors (Lipinski definition) is 6. The average molecular weight is 490 g/mol. The van der Waals surface area contributed by atoms with E-state index in [1.807, 2.05) is 0 Å². The number of furan rings is 1. The smallest absolute Gasteiger partial charge is 0.291 e. The summed E-state index contributed by atoms with van der Waals surface area (Å²) < 4.78 is 40.1. The monoisotopic (exact) mass is 489 g/mol. The molecule has 33 heavy (non-hydrogen) atoms. The molecule has 0 unspecified atom stereocenters. The number of methoxy groups -OCH3 is 1. The van der Waals surface area contributed by atoms with E-state index in [2.05, 4.69) is 14.9 Å². The van der Waals surface area contributed by atoms with Crippen molar-refractivity contribution in [2.45, 2.75) is 24.2 Å². The molecule has 3 aromatic rings. The Balaban J connectivity index is 1.70. The van der Waals surface area contributed by atoms with E-state index in [1.165, 1.54) is 25.3 Å². The number of benzene rings is 2. The molecule has 174 valence electrons. The number of halogens is 1. The lowest BCUT2D eigenvalue weighted by Gasteiger charge is -2.30. The number of amides is 1. The summed E-state index contributed by atoms with van der Waals surface area (Å²) in [5.41, 5.74) is 1.22. The molecule has 0 bridgehead atoms. The van der Waals surface area contributed by atoms with Gasteiger partial charge in [0, 0.05) is 18.8 Å². The number of piperidine rings is 1. The number of para-hydroxylation sites is 2. The fourth-order valence-corrected chi connectivity index (χ4v) is 5.23. The van der Waals surface area contributed by atoms with Crippen molar-refractivity contribution in [2.75, 3.05) is 35.1 Å². The first-order valence-electron chi connectivity index (χ1n) is 10.5. The second-order valence-corrected chi connectivity index (χ2v) is 9.62. The van der Waals surface area contributed by atoms with Crippen LogP contribution in [0.1, 0.15) is 29.8 Å². The van der Waals surface area contributed by atoms with Crippen molar-refractivity contribution in [3.05, 3.63) is 65.6 Å². The Morgan fingerprint density at radius 3 is 2.52 bits per heavy atom. The Bertz CT molecular complexity index is 1250. The van der Waals surface area contributed by atoms with Crippen LogP contribution in [0, 0.1) is 0 Å². The minimum absolute atomic E-state index is 0.0247. The van der Waals surface area contributed by atoms with Crippen LogP contribution in [0.5, 0.6) is 5.75 Å². The van der Waals surface area contributed by atoms with Crippen molar-refractivity contribution in [1.82, 2.24) is 0 Å². The number of rotatable bonds is 7. The number of carbonyl (C=O) groups excluding carboxylic acids is 1. The first-order valence-corrected chi connectivity index (χ1v) is 12.3. The van der Waals surface area contributed by atoms with Gasteiger partial charge in [-0.2, -0.15) is 0 Å². The molecule has 2 aromatic carbocycles. The van der Waals surface area contributed by atoms with Crippen molar-refractivity contribution in [3.8, 4) is 5.75 Å². The molecule has 8 nitrogen and oxygen atoms in total. The van der Waals surface area contributed by atoms with Gasteiger partial charge in [0.05, 0.1) is 18.5 Å². The molecular formula is C23H24ClN3O5S. The van der Waals surface area contributed by atoms with Gasteiger partial charge in [-0.05, 0) is 73.3 Å². The quantitative estimate of drug-likeness (QED) is 0.485. The summed E-state index contributed by atoms with van der Waals surface area (Å²) in [6.07, 6.45) is 3.08. The van der Waals surface area contributed by atoms with Crippen LogP contribution in [0.3, 0.4) is 0 Å². The number of sulfonamides is 1. The fourth-order valence-electron chi connectivity index (χ4n) is 3.76. The standard InChI is InChI=1S/C23H24ClN3O5S/c1-31-19-8-4-3-7-17(19)26-33(29,30)21-15-16(25-23(28)20-11-12-22(24)32-20)9-10-18(21)27-13-5-2-6-14-27/h3-4,7-12,15,26H,2,5-6,13-14H2,1H3,(H,25,28). The highest BCUT2D eigenvalue weighted by Gasteiger charge is 2.25. The van der Waals surface area contributed by atoms with E-state index in [-0.39, 0.29) is 15.9 Å². The predicted octanol–water partition coefficient (Wildman–Crippen LogP) is 4.99. The zero-order chi connectivity index (χ0) is 23.4. The highest BCUT2D eigenvalue weighted by molar-refractivity contribution is 7.93. The number of carbonyl (C=O) groups is 1. The molecule has 1 amide bonds. The van der Waals surface area contributed by atoms with Crippen LogP contribution < -0.4 is 19.7 Å². The maximum Gasteiger partial charge on any atom is 0.291 e. The van der Waals surface area contributed by atoms with Crippen LogP contribution in [0.2, 0.25) is 5.22 Å². The molecule has 2 heterocycles. The predicted molar refractivity (Wildman–Crippen MR) is 128 cm³/mol. The number of hydrogen-bond donors (Lipinski definition) is 2. The Labute approximate surface area is 197 Å². The molecule has 1 aromatic heterocycles. The van der Waals surface area contributed by atoms with Crippen molar-refractivity contribution >= 4 is 44.6 Å². The van der Waals surface area contributed by atoms with Crippen LogP contribution in [0.4, 0.5) is 17.1 Å². The summed E-state index contributed by atoms with van der Waals surface area (Å²) in [6, 6.07) is 14.5. The third kappa shape index (κ3) is 5.26. The molecule has 4 rings (SSSR count). The maximum atomic E-state index is 13.5. The molecule has 10 heteroatoms. The number of anilines is 3. The summed E-state index contributed by atoms with van der Waals surface area (Å²) in [5, 5.41) is 2.76. The Hall–Kier alpha value is -3.17. The molecule has 1 aliphatic rings. The fraction of sp³-hybridized carbons (Fsp3) is 0.261. The van der Waals surface area contributed by atoms with Crippen LogP contribution in [-0.2, 0) is 10.0 Å². The van der Waals surface area contributed by atoms with Gasteiger partial charge in [-0.15, -0.1) is 0 Å². The molecule has 0 atom stereocenters. The zero-order valence-corrected chi connectivity index (χ0v) is 19.6. The van der Waals surface area contributed by atoms with E-state index >= 15 is 0 Å². The van der Waals surface area contributed by atoms with Gasteiger partial charge in [0.15, 0.2) is 11.0 Å². The highest BCUT2D eigenvalue weighted by Crippen LogP contribution is 2.34.